The first kappa shape index (κ1) is 18.3. The highest BCUT2D eigenvalue weighted by atomic mass is 16.5. The third-order valence-electron chi connectivity index (χ3n) is 4.13. The van der Waals surface area contributed by atoms with Crippen LogP contribution in [0.1, 0.15) is 5.56 Å². The van der Waals surface area contributed by atoms with Crippen molar-refractivity contribution < 1.29 is 19.0 Å². The number of methoxy groups -OCH3 is 3. The lowest BCUT2D eigenvalue weighted by Crippen LogP contribution is -2.07. The second-order valence-corrected chi connectivity index (χ2v) is 5.84. The predicted molar refractivity (Wildman–Crippen MR) is 108 cm³/mol. The summed E-state index contributed by atoms with van der Waals surface area (Å²) in [6.07, 6.45) is 3.16. The lowest BCUT2D eigenvalue weighted by atomic mass is 10.1. The maximum absolute atomic E-state index is 12.3. The number of amides is 1. The molecule has 0 radical (unpaired) electrons. The van der Waals surface area contributed by atoms with Crippen molar-refractivity contribution in [1.29, 1.82) is 0 Å². The van der Waals surface area contributed by atoms with Crippen molar-refractivity contribution in [2.24, 2.45) is 0 Å². The van der Waals surface area contributed by atoms with Crippen LogP contribution in [0, 0.1) is 0 Å². The summed E-state index contributed by atoms with van der Waals surface area (Å²) in [7, 11) is 4.65. The zero-order valence-electron chi connectivity index (χ0n) is 15.5. The number of rotatable bonds is 6. The van der Waals surface area contributed by atoms with Crippen LogP contribution in [0.15, 0.2) is 60.7 Å². The molecule has 0 aliphatic heterocycles. The SMILES string of the molecule is COc1cc(C=CC(=O)Nc2ccc3ccccc3c2)cc(OC)c1OC. The minimum atomic E-state index is -0.223. The fraction of sp³-hybridized carbons (Fsp3) is 0.136. The van der Waals surface area contributed by atoms with Gasteiger partial charge in [-0.15, -0.1) is 0 Å². The van der Waals surface area contributed by atoms with Crippen LogP contribution in [0.25, 0.3) is 16.8 Å². The summed E-state index contributed by atoms with van der Waals surface area (Å²) in [6.45, 7) is 0. The van der Waals surface area contributed by atoms with E-state index < -0.39 is 0 Å². The van der Waals surface area contributed by atoms with Crippen LogP contribution in [0.4, 0.5) is 5.69 Å². The third-order valence-corrected chi connectivity index (χ3v) is 4.13. The molecular formula is C22H21NO4. The van der Waals surface area contributed by atoms with Crippen molar-refractivity contribution >= 4 is 28.4 Å². The standard InChI is InChI=1S/C22H21NO4/c1-25-19-12-15(13-20(26-2)22(19)27-3)8-11-21(24)23-18-10-9-16-6-4-5-7-17(16)14-18/h4-14H,1-3H3,(H,23,24). The summed E-state index contributed by atoms with van der Waals surface area (Å²) >= 11 is 0. The first-order valence-electron chi connectivity index (χ1n) is 8.42. The number of nitrogens with one attached hydrogen (secondary N) is 1. The van der Waals surface area contributed by atoms with Crippen LogP contribution < -0.4 is 19.5 Å². The Kier molecular flexibility index (Phi) is 5.61. The van der Waals surface area contributed by atoms with E-state index in [1.165, 1.54) is 6.08 Å². The number of hydrogen-bond acceptors (Lipinski definition) is 4. The topological polar surface area (TPSA) is 56.8 Å². The largest absolute Gasteiger partial charge is 0.493 e. The van der Waals surface area contributed by atoms with Crippen LogP contribution in [-0.4, -0.2) is 27.2 Å². The molecule has 1 N–H and O–H groups in total. The van der Waals surface area contributed by atoms with Gasteiger partial charge in [0.05, 0.1) is 21.3 Å². The van der Waals surface area contributed by atoms with Gasteiger partial charge in [-0.3, -0.25) is 4.79 Å². The van der Waals surface area contributed by atoms with Gasteiger partial charge in [-0.05, 0) is 46.7 Å². The normalized spacial score (nSPS) is 10.8. The van der Waals surface area contributed by atoms with Crippen LogP contribution >= 0.6 is 0 Å². The number of ether oxygens (including phenoxy) is 3. The van der Waals surface area contributed by atoms with E-state index in [-0.39, 0.29) is 5.91 Å². The van der Waals surface area contributed by atoms with E-state index in [1.807, 2.05) is 42.5 Å². The molecule has 5 nitrogen and oxygen atoms in total. The zero-order chi connectivity index (χ0) is 19.2. The molecule has 0 heterocycles. The van der Waals surface area contributed by atoms with Gasteiger partial charge in [0.1, 0.15) is 0 Å². The molecule has 0 unspecified atom stereocenters. The molecule has 5 heteroatoms. The molecule has 3 aromatic rings. The average Bonchev–Trinajstić information content (AvgIpc) is 2.71. The lowest BCUT2D eigenvalue weighted by molar-refractivity contribution is -0.111. The van der Waals surface area contributed by atoms with Gasteiger partial charge < -0.3 is 19.5 Å². The smallest absolute Gasteiger partial charge is 0.248 e. The molecule has 3 rings (SSSR count). The van der Waals surface area contributed by atoms with Gasteiger partial charge in [0, 0.05) is 11.8 Å². The fourth-order valence-electron chi connectivity index (χ4n) is 2.82. The van der Waals surface area contributed by atoms with Gasteiger partial charge >= 0.3 is 0 Å². The Bertz CT molecular complexity index is 970. The van der Waals surface area contributed by atoms with E-state index >= 15 is 0 Å². The van der Waals surface area contributed by atoms with Gasteiger partial charge in [-0.1, -0.05) is 30.3 Å². The molecule has 3 aromatic carbocycles. The highest BCUT2D eigenvalue weighted by Gasteiger charge is 2.12. The Morgan fingerprint density at radius 1 is 0.852 bits per heavy atom. The highest BCUT2D eigenvalue weighted by Crippen LogP contribution is 2.38. The summed E-state index contributed by atoms with van der Waals surface area (Å²) in [4.78, 5) is 12.3. The maximum Gasteiger partial charge on any atom is 0.248 e. The van der Waals surface area contributed by atoms with Gasteiger partial charge in [-0.2, -0.15) is 0 Å². The summed E-state index contributed by atoms with van der Waals surface area (Å²) in [5.74, 6) is 1.36. The number of anilines is 1. The molecule has 0 saturated heterocycles. The zero-order valence-corrected chi connectivity index (χ0v) is 15.5. The van der Waals surface area contributed by atoms with Crippen molar-refractivity contribution in [2.75, 3.05) is 26.6 Å². The van der Waals surface area contributed by atoms with Gasteiger partial charge in [-0.25, -0.2) is 0 Å². The van der Waals surface area contributed by atoms with Crippen LogP contribution in [0.3, 0.4) is 0 Å². The Morgan fingerprint density at radius 2 is 1.52 bits per heavy atom. The second-order valence-electron chi connectivity index (χ2n) is 5.84. The highest BCUT2D eigenvalue weighted by molar-refractivity contribution is 6.03. The summed E-state index contributed by atoms with van der Waals surface area (Å²) < 4.78 is 15.9. The molecule has 0 atom stereocenters. The lowest BCUT2D eigenvalue weighted by Gasteiger charge is -2.12. The second kappa shape index (κ2) is 8.27. The number of hydrogen-bond donors (Lipinski definition) is 1. The summed E-state index contributed by atoms with van der Waals surface area (Å²) in [6, 6.07) is 17.4. The van der Waals surface area contributed by atoms with E-state index in [2.05, 4.69) is 5.32 Å². The van der Waals surface area contributed by atoms with Crippen LogP contribution in [0.5, 0.6) is 17.2 Å². The number of fused-ring (bicyclic) bond motifs is 1. The molecule has 0 fully saturated rings. The van der Waals surface area contributed by atoms with E-state index in [0.29, 0.717) is 17.2 Å². The molecular weight excluding hydrogens is 342 g/mol. The first-order chi connectivity index (χ1) is 13.1. The molecule has 0 aliphatic carbocycles. The third kappa shape index (κ3) is 4.20. The monoisotopic (exact) mass is 363 g/mol. The molecule has 138 valence electrons. The number of carbonyl (C=O) groups excluding carboxylic acids is 1. The Morgan fingerprint density at radius 3 is 2.15 bits per heavy atom. The van der Waals surface area contributed by atoms with Crippen molar-refractivity contribution in [3.05, 3.63) is 66.2 Å². The van der Waals surface area contributed by atoms with E-state index in [1.54, 1.807) is 39.5 Å². The quantitative estimate of drug-likeness (QED) is 0.654. The molecule has 0 saturated carbocycles. The van der Waals surface area contributed by atoms with Crippen molar-refractivity contribution in [3.8, 4) is 17.2 Å². The van der Waals surface area contributed by atoms with E-state index in [9.17, 15) is 4.79 Å². The molecule has 0 bridgehead atoms. The van der Waals surface area contributed by atoms with Crippen molar-refractivity contribution in [3.63, 3.8) is 0 Å². The Balaban J connectivity index is 1.77. The number of benzene rings is 3. The molecule has 1 amide bonds. The summed E-state index contributed by atoms with van der Waals surface area (Å²) in [5, 5.41) is 5.07. The Hall–Kier alpha value is -3.47. The molecule has 27 heavy (non-hydrogen) atoms. The van der Waals surface area contributed by atoms with Crippen LogP contribution in [-0.2, 0) is 4.79 Å². The van der Waals surface area contributed by atoms with Gasteiger partial charge in [0.25, 0.3) is 0 Å². The molecule has 0 aliphatic rings. The number of carbonyl (C=O) groups is 1. The molecule has 0 aromatic heterocycles. The van der Waals surface area contributed by atoms with Crippen molar-refractivity contribution in [2.45, 2.75) is 0 Å². The summed E-state index contributed by atoms with van der Waals surface area (Å²) in [5.41, 5.74) is 1.51. The fourth-order valence-corrected chi connectivity index (χ4v) is 2.82. The molecule has 0 spiro atoms. The van der Waals surface area contributed by atoms with Gasteiger partial charge in [0.2, 0.25) is 11.7 Å². The van der Waals surface area contributed by atoms with Crippen molar-refractivity contribution in [1.82, 2.24) is 0 Å². The minimum absolute atomic E-state index is 0.223. The van der Waals surface area contributed by atoms with E-state index in [0.717, 1.165) is 22.0 Å². The predicted octanol–water partition coefficient (Wildman–Crippen LogP) is 4.52. The van der Waals surface area contributed by atoms with Crippen LogP contribution in [0.2, 0.25) is 0 Å². The van der Waals surface area contributed by atoms with Gasteiger partial charge in [0.15, 0.2) is 11.5 Å². The Labute approximate surface area is 158 Å². The van der Waals surface area contributed by atoms with E-state index in [4.69, 9.17) is 14.2 Å². The first-order valence-corrected chi connectivity index (χ1v) is 8.42. The minimum Gasteiger partial charge on any atom is -0.493 e. The maximum atomic E-state index is 12.3. The average molecular weight is 363 g/mol.